The normalized spacial score (nSPS) is 11.1. The van der Waals surface area contributed by atoms with E-state index in [0.29, 0.717) is 17.8 Å². The average Bonchev–Trinajstić information content (AvgIpc) is 2.60. The molecule has 0 amide bonds. The van der Waals surface area contributed by atoms with E-state index in [9.17, 15) is 9.59 Å². The third-order valence-corrected chi connectivity index (χ3v) is 4.14. The molecule has 0 spiro atoms. The zero-order valence-corrected chi connectivity index (χ0v) is 12.1. The molecule has 4 nitrogen and oxygen atoms in total. The van der Waals surface area contributed by atoms with Crippen LogP contribution in [0.15, 0.2) is 48.5 Å². The van der Waals surface area contributed by atoms with Crippen molar-refractivity contribution in [2.24, 2.45) is 0 Å². The summed E-state index contributed by atoms with van der Waals surface area (Å²) in [7, 11) is 0. The number of rotatable bonds is 5. The highest BCUT2D eigenvalue weighted by atomic mass is 16.7. The lowest BCUT2D eigenvalue weighted by Gasteiger charge is -2.14. The van der Waals surface area contributed by atoms with Crippen molar-refractivity contribution in [3.63, 3.8) is 0 Å². The molecule has 0 aliphatic heterocycles. The molecule has 23 heavy (non-hydrogen) atoms. The number of hydrogen-bond acceptors (Lipinski definition) is 4. The summed E-state index contributed by atoms with van der Waals surface area (Å²) in [5.41, 5.74) is 0.669. The van der Waals surface area contributed by atoms with E-state index in [1.165, 1.54) is 0 Å². The summed E-state index contributed by atoms with van der Waals surface area (Å²) in [5.74, 6) is 0.644. The molecule has 0 saturated carbocycles. The van der Waals surface area contributed by atoms with Gasteiger partial charge >= 0.3 is 0 Å². The highest BCUT2D eigenvalue weighted by Gasteiger charge is 2.13. The summed E-state index contributed by atoms with van der Waals surface area (Å²) in [5, 5.41) is 6.10. The molecule has 0 saturated heterocycles. The summed E-state index contributed by atoms with van der Waals surface area (Å²) in [6, 6.07) is 15.6. The smallest absolute Gasteiger partial charge is 0.295 e. The average molecular weight is 304 g/mol. The van der Waals surface area contributed by atoms with E-state index in [2.05, 4.69) is 4.74 Å². The lowest BCUT2D eigenvalue weighted by Crippen LogP contribution is -2.01. The maximum atomic E-state index is 11.3. The number of ether oxygens (including phenoxy) is 2. The fourth-order valence-corrected chi connectivity index (χ4v) is 3.15. The number of hydrogen-bond donors (Lipinski definition) is 0. The van der Waals surface area contributed by atoms with Crippen LogP contribution in [-0.2, 0) is 9.53 Å². The van der Waals surface area contributed by atoms with Crippen molar-refractivity contribution >= 4 is 45.1 Å². The number of benzene rings is 4. The van der Waals surface area contributed by atoms with Crippen LogP contribution in [0.2, 0.25) is 0 Å². The van der Waals surface area contributed by atoms with Crippen LogP contribution in [-0.4, -0.2) is 19.6 Å². The minimum Gasteiger partial charge on any atom is -0.457 e. The molecule has 0 radical (unpaired) electrons. The molecule has 0 bridgehead atoms. The van der Waals surface area contributed by atoms with Gasteiger partial charge in [0.1, 0.15) is 5.75 Å². The third-order valence-electron chi connectivity index (χ3n) is 4.14. The zero-order valence-electron chi connectivity index (χ0n) is 12.1. The molecule has 4 heteroatoms. The Morgan fingerprint density at radius 3 is 2.17 bits per heavy atom. The van der Waals surface area contributed by atoms with Gasteiger partial charge in [0.2, 0.25) is 6.79 Å². The molecule has 0 N–H and O–H groups in total. The van der Waals surface area contributed by atoms with Gasteiger partial charge in [-0.3, -0.25) is 9.59 Å². The Balaban J connectivity index is 2.06. The molecule has 4 rings (SSSR count). The summed E-state index contributed by atoms with van der Waals surface area (Å²) in [6.07, 6.45) is 0.876. The van der Waals surface area contributed by atoms with E-state index in [4.69, 9.17) is 4.74 Å². The van der Waals surface area contributed by atoms with Crippen LogP contribution in [0.5, 0.6) is 5.75 Å². The Bertz CT molecular complexity index is 1040. The van der Waals surface area contributed by atoms with Crippen molar-refractivity contribution in [3.05, 3.63) is 54.1 Å². The lowest BCUT2D eigenvalue weighted by atomic mass is 9.92. The van der Waals surface area contributed by atoms with Crippen molar-refractivity contribution in [2.75, 3.05) is 6.79 Å². The third kappa shape index (κ3) is 1.99. The van der Waals surface area contributed by atoms with E-state index in [1.807, 2.05) is 48.5 Å². The quantitative estimate of drug-likeness (QED) is 0.243. The highest BCUT2D eigenvalue weighted by molar-refractivity contribution is 6.26. The minimum absolute atomic E-state index is 0.132. The standard InChI is InChI=1S/C19H12O4/c20-9-14-2-1-12-4-7-16-17(23-11-22-10-21)8-5-13-3-6-15(14)18(12)19(13)16/h1-10H,11H2. The molecule has 112 valence electrons. The molecule has 0 aromatic heterocycles. The van der Waals surface area contributed by atoms with E-state index >= 15 is 0 Å². The Kier molecular flexibility index (Phi) is 3.08. The second kappa shape index (κ2) is 5.25. The molecule has 4 aromatic rings. The van der Waals surface area contributed by atoms with Crippen LogP contribution < -0.4 is 4.74 Å². The lowest BCUT2D eigenvalue weighted by molar-refractivity contribution is -0.134. The van der Waals surface area contributed by atoms with Crippen LogP contribution in [0.1, 0.15) is 10.4 Å². The van der Waals surface area contributed by atoms with Crippen LogP contribution in [0.4, 0.5) is 0 Å². The summed E-state index contributed by atoms with van der Waals surface area (Å²) in [6.45, 7) is 0.222. The van der Waals surface area contributed by atoms with Gasteiger partial charge in [0.05, 0.1) is 0 Å². The van der Waals surface area contributed by atoms with Crippen molar-refractivity contribution < 1.29 is 19.1 Å². The Labute approximate surface area is 131 Å². The van der Waals surface area contributed by atoms with Gasteiger partial charge in [-0.25, -0.2) is 0 Å². The predicted octanol–water partition coefficient (Wildman–Crippen LogP) is 3.91. The van der Waals surface area contributed by atoms with Gasteiger partial charge in [-0.15, -0.1) is 0 Å². The first-order chi connectivity index (χ1) is 11.3. The largest absolute Gasteiger partial charge is 0.457 e. The monoisotopic (exact) mass is 304 g/mol. The molecular weight excluding hydrogens is 292 g/mol. The van der Waals surface area contributed by atoms with E-state index in [0.717, 1.165) is 38.6 Å². The Hall–Kier alpha value is -3.14. The second-order valence-corrected chi connectivity index (χ2v) is 5.28. The Morgan fingerprint density at radius 2 is 1.43 bits per heavy atom. The molecular formula is C19H12O4. The molecule has 0 aliphatic carbocycles. The molecule has 0 unspecified atom stereocenters. The first kappa shape index (κ1) is 13.5. The first-order valence-corrected chi connectivity index (χ1v) is 7.17. The molecule has 0 fully saturated rings. The Morgan fingerprint density at radius 1 is 0.783 bits per heavy atom. The van der Waals surface area contributed by atoms with Gasteiger partial charge in [0, 0.05) is 16.3 Å². The first-order valence-electron chi connectivity index (χ1n) is 7.17. The number of carbonyl (C=O) groups excluding carboxylic acids is 2. The second-order valence-electron chi connectivity index (χ2n) is 5.28. The van der Waals surface area contributed by atoms with E-state index < -0.39 is 0 Å². The van der Waals surface area contributed by atoms with Gasteiger partial charge in [-0.1, -0.05) is 36.4 Å². The molecule has 0 heterocycles. The van der Waals surface area contributed by atoms with Crippen LogP contribution in [0, 0.1) is 0 Å². The minimum atomic E-state index is -0.132. The topological polar surface area (TPSA) is 52.6 Å². The summed E-state index contributed by atoms with van der Waals surface area (Å²) < 4.78 is 10.2. The van der Waals surface area contributed by atoms with Gasteiger partial charge in [0.15, 0.2) is 6.29 Å². The summed E-state index contributed by atoms with van der Waals surface area (Å²) >= 11 is 0. The predicted molar refractivity (Wildman–Crippen MR) is 88.2 cm³/mol. The van der Waals surface area contributed by atoms with Gasteiger partial charge in [-0.2, -0.15) is 0 Å². The fraction of sp³-hybridized carbons (Fsp3) is 0.0526. The number of aldehydes is 1. The maximum absolute atomic E-state index is 11.3. The van der Waals surface area contributed by atoms with Crippen LogP contribution >= 0.6 is 0 Å². The number of carbonyl (C=O) groups is 2. The van der Waals surface area contributed by atoms with Gasteiger partial charge in [0.25, 0.3) is 6.47 Å². The van der Waals surface area contributed by atoms with Crippen molar-refractivity contribution in [1.82, 2.24) is 0 Å². The van der Waals surface area contributed by atoms with Crippen molar-refractivity contribution in [2.45, 2.75) is 0 Å². The SMILES string of the molecule is O=COCOc1ccc2ccc3c(C=O)ccc4ccc1c2c43. The van der Waals surface area contributed by atoms with E-state index in [-0.39, 0.29) is 6.79 Å². The fourth-order valence-electron chi connectivity index (χ4n) is 3.15. The van der Waals surface area contributed by atoms with Crippen molar-refractivity contribution in [1.29, 1.82) is 0 Å². The summed E-state index contributed by atoms with van der Waals surface area (Å²) in [4.78, 5) is 21.6. The molecule has 0 aliphatic rings. The van der Waals surface area contributed by atoms with Gasteiger partial charge < -0.3 is 9.47 Å². The highest BCUT2D eigenvalue weighted by Crippen LogP contribution is 2.39. The van der Waals surface area contributed by atoms with E-state index in [1.54, 1.807) is 0 Å². The van der Waals surface area contributed by atoms with Crippen LogP contribution in [0.3, 0.4) is 0 Å². The van der Waals surface area contributed by atoms with Crippen molar-refractivity contribution in [3.8, 4) is 5.75 Å². The zero-order chi connectivity index (χ0) is 15.8. The maximum Gasteiger partial charge on any atom is 0.295 e. The van der Waals surface area contributed by atoms with Crippen LogP contribution in [0.25, 0.3) is 32.3 Å². The molecule has 0 atom stereocenters. The van der Waals surface area contributed by atoms with Gasteiger partial charge in [-0.05, 0) is 33.7 Å². The molecule has 4 aromatic carbocycles.